The number of ether oxygens (including phenoxy) is 2. The van der Waals surface area contributed by atoms with Gasteiger partial charge in [-0.05, 0) is 25.7 Å². The van der Waals surface area contributed by atoms with Crippen LogP contribution in [0.15, 0.2) is 0 Å². The number of nitrogens with two attached hydrogens (primary N) is 1. The molecule has 0 aliphatic heterocycles. The monoisotopic (exact) mass is 187 g/mol. The molecule has 0 bridgehead atoms. The molecule has 13 heavy (non-hydrogen) atoms. The molecule has 76 valence electrons. The first kappa shape index (κ1) is 10.5. The Kier molecular flexibility index (Phi) is 3.69. The lowest BCUT2D eigenvalue weighted by Crippen LogP contribution is -2.37. The number of rotatable bonds is 5. The summed E-state index contributed by atoms with van der Waals surface area (Å²) >= 11 is 0. The van der Waals surface area contributed by atoms with Crippen molar-refractivity contribution in [3.63, 3.8) is 0 Å². The third-order valence-electron chi connectivity index (χ3n) is 2.12. The highest BCUT2D eigenvalue weighted by molar-refractivity contribution is 5.76. The maximum absolute atomic E-state index is 11.3. The Labute approximate surface area is 78.4 Å². The minimum absolute atomic E-state index is 0.206. The van der Waals surface area contributed by atoms with Gasteiger partial charge in [-0.25, -0.2) is 0 Å². The van der Waals surface area contributed by atoms with Gasteiger partial charge in [0.15, 0.2) is 0 Å². The molecule has 0 aromatic carbocycles. The van der Waals surface area contributed by atoms with Crippen molar-refractivity contribution in [1.29, 1.82) is 0 Å². The van der Waals surface area contributed by atoms with Gasteiger partial charge < -0.3 is 15.2 Å². The van der Waals surface area contributed by atoms with Gasteiger partial charge in [-0.15, -0.1) is 0 Å². The number of carbonyl (C=O) groups is 1. The van der Waals surface area contributed by atoms with E-state index in [9.17, 15) is 4.79 Å². The zero-order valence-electron chi connectivity index (χ0n) is 8.16. The van der Waals surface area contributed by atoms with Crippen LogP contribution in [0.25, 0.3) is 0 Å². The fourth-order valence-corrected chi connectivity index (χ4v) is 1.19. The van der Waals surface area contributed by atoms with Crippen molar-refractivity contribution < 1.29 is 14.3 Å². The zero-order chi connectivity index (χ0) is 9.84. The summed E-state index contributed by atoms with van der Waals surface area (Å²) in [5, 5.41) is 0. The molecular formula is C9H17NO3. The average Bonchev–Trinajstić information content (AvgIpc) is 2.85. The molecule has 2 atom stereocenters. The molecule has 0 spiro atoms. The maximum Gasteiger partial charge on any atom is 0.323 e. The third-order valence-corrected chi connectivity index (χ3v) is 2.12. The van der Waals surface area contributed by atoms with Crippen LogP contribution >= 0.6 is 0 Å². The van der Waals surface area contributed by atoms with E-state index in [4.69, 9.17) is 15.2 Å². The molecule has 2 unspecified atom stereocenters. The summed E-state index contributed by atoms with van der Waals surface area (Å²) in [7, 11) is 1.57. The highest BCUT2D eigenvalue weighted by Crippen LogP contribution is 2.32. The van der Waals surface area contributed by atoms with E-state index >= 15 is 0 Å². The Balaban J connectivity index is 2.22. The molecule has 0 aromatic rings. The lowest BCUT2D eigenvalue weighted by Gasteiger charge is -2.15. The lowest BCUT2D eigenvalue weighted by atomic mass is 10.2. The topological polar surface area (TPSA) is 61.5 Å². The van der Waals surface area contributed by atoms with Crippen LogP contribution in [-0.4, -0.2) is 31.8 Å². The number of hydrogen-bond acceptors (Lipinski definition) is 4. The van der Waals surface area contributed by atoms with Gasteiger partial charge >= 0.3 is 5.97 Å². The predicted octanol–water partition coefficient (Wildman–Crippen LogP) is 0.302. The highest BCUT2D eigenvalue weighted by atomic mass is 16.6. The van der Waals surface area contributed by atoms with Gasteiger partial charge in [-0.2, -0.15) is 0 Å². The molecule has 0 amide bonds. The standard InChI is InChI=1S/C9H17NO3/c1-6(5-12-2)13-9(11)8(10)7-3-4-7/h6-8H,3-5,10H2,1-2H3. The molecule has 1 rings (SSSR count). The molecule has 0 radical (unpaired) electrons. The van der Waals surface area contributed by atoms with Crippen molar-refractivity contribution >= 4 is 5.97 Å². The summed E-state index contributed by atoms with van der Waals surface area (Å²) in [5.74, 6) is 0.0503. The summed E-state index contributed by atoms with van der Waals surface area (Å²) in [6.45, 7) is 2.21. The van der Waals surface area contributed by atoms with Gasteiger partial charge in [0, 0.05) is 7.11 Å². The summed E-state index contributed by atoms with van der Waals surface area (Å²) in [6, 6.07) is -0.431. The van der Waals surface area contributed by atoms with E-state index in [1.54, 1.807) is 14.0 Å². The largest absolute Gasteiger partial charge is 0.459 e. The average molecular weight is 187 g/mol. The quantitative estimate of drug-likeness (QED) is 0.629. The maximum atomic E-state index is 11.3. The van der Waals surface area contributed by atoms with E-state index in [1.807, 2.05) is 0 Å². The van der Waals surface area contributed by atoms with E-state index in [2.05, 4.69) is 0 Å². The predicted molar refractivity (Wildman–Crippen MR) is 48.1 cm³/mol. The molecule has 1 aliphatic rings. The second-order valence-electron chi connectivity index (χ2n) is 3.57. The van der Waals surface area contributed by atoms with Crippen molar-refractivity contribution in [2.45, 2.75) is 31.9 Å². The number of esters is 1. The van der Waals surface area contributed by atoms with Crippen LogP contribution in [0.4, 0.5) is 0 Å². The number of carbonyl (C=O) groups excluding carboxylic acids is 1. The van der Waals surface area contributed by atoms with Crippen LogP contribution in [0.3, 0.4) is 0 Å². The Morgan fingerprint density at radius 3 is 2.69 bits per heavy atom. The van der Waals surface area contributed by atoms with Gasteiger partial charge in [0.25, 0.3) is 0 Å². The van der Waals surface area contributed by atoms with Crippen LogP contribution < -0.4 is 5.73 Å². The fraction of sp³-hybridized carbons (Fsp3) is 0.889. The highest BCUT2D eigenvalue weighted by Gasteiger charge is 2.34. The van der Waals surface area contributed by atoms with Gasteiger partial charge in [-0.1, -0.05) is 0 Å². The van der Waals surface area contributed by atoms with Crippen LogP contribution in [-0.2, 0) is 14.3 Å². The van der Waals surface area contributed by atoms with Crippen LogP contribution in [0.5, 0.6) is 0 Å². The fourth-order valence-electron chi connectivity index (χ4n) is 1.19. The van der Waals surface area contributed by atoms with Gasteiger partial charge in [0.1, 0.15) is 12.1 Å². The zero-order valence-corrected chi connectivity index (χ0v) is 8.16. The van der Waals surface area contributed by atoms with E-state index in [1.165, 1.54) is 0 Å². The number of hydrogen-bond donors (Lipinski definition) is 1. The molecule has 1 saturated carbocycles. The Hall–Kier alpha value is -0.610. The van der Waals surface area contributed by atoms with E-state index in [0.717, 1.165) is 12.8 Å². The minimum Gasteiger partial charge on any atom is -0.459 e. The van der Waals surface area contributed by atoms with Gasteiger partial charge in [0.05, 0.1) is 6.61 Å². The summed E-state index contributed by atoms with van der Waals surface area (Å²) in [6.07, 6.45) is 1.89. The van der Waals surface area contributed by atoms with Gasteiger partial charge in [-0.3, -0.25) is 4.79 Å². The lowest BCUT2D eigenvalue weighted by molar-refractivity contribution is -0.152. The van der Waals surface area contributed by atoms with E-state index in [0.29, 0.717) is 12.5 Å². The van der Waals surface area contributed by atoms with Crippen molar-refractivity contribution in [3.05, 3.63) is 0 Å². The molecule has 1 fully saturated rings. The molecule has 4 heteroatoms. The first-order chi connectivity index (χ1) is 6.15. The summed E-state index contributed by atoms with van der Waals surface area (Å²) in [5.41, 5.74) is 5.65. The smallest absolute Gasteiger partial charge is 0.323 e. The van der Waals surface area contributed by atoms with Crippen LogP contribution in [0, 0.1) is 5.92 Å². The van der Waals surface area contributed by atoms with E-state index < -0.39 is 6.04 Å². The Morgan fingerprint density at radius 2 is 2.23 bits per heavy atom. The molecular weight excluding hydrogens is 170 g/mol. The summed E-state index contributed by atoms with van der Waals surface area (Å²) < 4.78 is 9.91. The third kappa shape index (κ3) is 3.32. The second kappa shape index (κ2) is 4.58. The Morgan fingerprint density at radius 1 is 1.62 bits per heavy atom. The minimum atomic E-state index is -0.431. The molecule has 0 heterocycles. The molecule has 4 nitrogen and oxygen atoms in total. The molecule has 1 aliphatic carbocycles. The SMILES string of the molecule is COCC(C)OC(=O)C(N)C1CC1. The van der Waals surface area contributed by atoms with Crippen molar-refractivity contribution in [3.8, 4) is 0 Å². The van der Waals surface area contributed by atoms with E-state index in [-0.39, 0.29) is 12.1 Å². The second-order valence-corrected chi connectivity index (χ2v) is 3.57. The first-order valence-corrected chi connectivity index (χ1v) is 4.60. The van der Waals surface area contributed by atoms with Crippen LogP contribution in [0.1, 0.15) is 19.8 Å². The summed E-state index contributed by atoms with van der Waals surface area (Å²) in [4.78, 5) is 11.3. The number of methoxy groups -OCH3 is 1. The van der Waals surface area contributed by atoms with Crippen LogP contribution in [0.2, 0.25) is 0 Å². The molecule has 2 N–H and O–H groups in total. The Bertz CT molecular complexity index is 180. The first-order valence-electron chi connectivity index (χ1n) is 4.60. The van der Waals surface area contributed by atoms with Gasteiger partial charge in [0.2, 0.25) is 0 Å². The van der Waals surface area contributed by atoms with Crippen molar-refractivity contribution in [1.82, 2.24) is 0 Å². The van der Waals surface area contributed by atoms with Crippen molar-refractivity contribution in [2.75, 3.05) is 13.7 Å². The molecule has 0 saturated heterocycles. The van der Waals surface area contributed by atoms with Crippen molar-refractivity contribution in [2.24, 2.45) is 11.7 Å². The molecule has 0 aromatic heterocycles. The normalized spacial score (nSPS) is 20.8.